The molecule has 0 radical (unpaired) electrons. The van der Waals surface area contributed by atoms with Crippen LogP contribution in [-0.2, 0) is 0 Å². The predicted molar refractivity (Wildman–Crippen MR) is 65.9 cm³/mol. The molecule has 1 aromatic carbocycles. The van der Waals surface area contributed by atoms with Crippen LogP contribution in [0.4, 0.5) is 0 Å². The molecule has 1 saturated carbocycles. The number of halogens is 1. The summed E-state index contributed by atoms with van der Waals surface area (Å²) in [6, 6.07) is 8.32. The number of benzene rings is 1. The molecule has 2 heteroatoms. The van der Waals surface area contributed by atoms with E-state index < -0.39 is 0 Å². The van der Waals surface area contributed by atoms with Gasteiger partial charge in [0.1, 0.15) is 0 Å². The summed E-state index contributed by atoms with van der Waals surface area (Å²) in [6.07, 6.45) is 6.87. The van der Waals surface area contributed by atoms with Gasteiger partial charge in [-0.3, -0.25) is 0 Å². The zero-order chi connectivity index (χ0) is 10.7. The number of rotatable bonds is 1. The van der Waals surface area contributed by atoms with Crippen LogP contribution >= 0.6 is 11.6 Å². The van der Waals surface area contributed by atoms with Crippen LogP contribution in [0.3, 0.4) is 0 Å². The van der Waals surface area contributed by atoms with Crippen LogP contribution in [-0.4, -0.2) is 6.04 Å². The monoisotopic (exact) mass is 221 g/mol. The lowest BCUT2D eigenvalue weighted by atomic mass is 9.90. The van der Waals surface area contributed by atoms with E-state index in [9.17, 15) is 0 Å². The SMILES string of the molecule is NC1CCCC(=Cc2ccc(Cl)cc2)C1. The van der Waals surface area contributed by atoms with Crippen LogP contribution in [0, 0.1) is 0 Å². The Morgan fingerprint density at radius 2 is 2.00 bits per heavy atom. The van der Waals surface area contributed by atoms with Crippen LogP contribution in [0.15, 0.2) is 29.8 Å². The first-order valence-electron chi connectivity index (χ1n) is 5.44. The van der Waals surface area contributed by atoms with Gasteiger partial charge in [0.2, 0.25) is 0 Å². The average Bonchev–Trinajstić information content (AvgIpc) is 2.22. The minimum atomic E-state index is 0.359. The quantitative estimate of drug-likeness (QED) is 0.770. The third kappa shape index (κ3) is 3.08. The number of nitrogens with two attached hydrogens (primary N) is 1. The maximum absolute atomic E-state index is 5.94. The van der Waals surface area contributed by atoms with Crippen LogP contribution in [0.1, 0.15) is 31.2 Å². The smallest absolute Gasteiger partial charge is 0.0406 e. The second-order valence-corrected chi connectivity index (χ2v) is 4.65. The van der Waals surface area contributed by atoms with Gasteiger partial charge in [0.15, 0.2) is 0 Å². The summed E-state index contributed by atoms with van der Waals surface area (Å²) >= 11 is 5.84. The molecule has 1 fully saturated rings. The molecular formula is C13H16ClN. The lowest BCUT2D eigenvalue weighted by molar-refractivity contribution is 0.520. The fraction of sp³-hybridized carbons (Fsp3) is 0.385. The topological polar surface area (TPSA) is 26.0 Å². The molecule has 0 bridgehead atoms. The first-order chi connectivity index (χ1) is 7.24. The summed E-state index contributed by atoms with van der Waals surface area (Å²) in [5.74, 6) is 0. The Hall–Kier alpha value is -0.790. The molecule has 2 N–H and O–H groups in total. The highest BCUT2D eigenvalue weighted by Gasteiger charge is 2.12. The highest BCUT2D eigenvalue weighted by atomic mass is 35.5. The first kappa shape index (κ1) is 10.7. The van der Waals surface area contributed by atoms with E-state index in [1.165, 1.54) is 24.0 Å². The molecule has 1 aliphatic carbocycles. The summed E-state index contributed by atoms with van der Waals surface area (Å²) in [5.41, 5.74) is 8.63. The van der Waals surface area contributed by atoms with Crippen LogP contribution in [0.2, 0.25) is 5.02 Å². The average molecular weight is 222 g/mol. The first-order valence-corrected chi connectivity index (χ1v) is 5.82. The van der Waals surface area contributed by atoms with E-state index in [0.717, 1.165) is 17.9 Å². The fourth-order valence-electron chi connectivity index (χ4n) is 2.06. The van der Waals surface area contributed by atoms with Crippen molar-refractivity contribution in [3.8, 4) is 0 Å². The zero-order valence-electron chi connectivity index (χ0n) is 8.75. The Morgan fingerprint density at radius 3 is 2.67 bits per heavy atom. The Morgan fingerprint density at radius 1 is 1.27 bits per heavy atom. The molecule has 0 amide bonds. The minimum Gasteiger partial charge on any atom is -0.327 e. The maximum atomic E-state index is 5.94. The van der Waals surface area contributed by atoms with Crippen molar-refractivity contribution in [2.45, 2.75) is 31.7 Å². The molecule has 0 aromatic heterocycles. The van der Waals surface area contributed by atoms with Gasteiger partial charge < -0.3 is 5.73 Å². The van der Waals surface area contributed by atoms with Crippen molar-refractivity contribution >= 4 is 17.7 Å². The van der Waals surface area contributed by atoms with E-state index in [1.807, 2.05) is 12.1 Å². The van der Waals surface area contributed by atoms with E-state index in [-0.39, 0.29) is 0 Å². The summed E-state index contributed by atoms with van der Waals surface area (Å²) in [4.78, 5) is 0. The zero-order valence-corrected chi connectivity index (χ0v) is 9.50. The van der Waals surface area contributed by atoms with Crippen molar-refractivity contribution < 1.29 is 0 Å². The molecule has 1 unspecified atom stereocenters. The standard InChI is InChI=1S/C13H16ClN/c14-12-6-4-10(5-7-12)8-11-2-1-3-13(15)9-11/h4-8,13H,1-3,9,15H2. The van der Waals surface area contributed by atoms with Crippen molar-refractivity contribution in [1.29, 1.82) is 0 Å². The Labute approximate surface area is 95.9 Å². The summed E-state index contributed by atoms with van der Waals surface area (Å²) in [6.45, 7) is 0. The van der Waals surface area contributed by atoms with Gasteiger partial charge in [-0.05, 0) is 43.4 Å². The van der Waals surface area contributed by atoms with Crippen molar-refractivity contribution in [2.24, 2.45) is 5.73 Å². The summed E-state index contributed by atoms with van der Waals surface area (Å²) < 4.78 is 0. The molecule has 0 aliphatic heterocycles. The van der Waals surface area contributed by atoms with Gasteiger partial charge >= 0.3 is 0 Å². The van der Waals surface area contributed by atoms with Gasteiger partial charge in [0.25, 0.3) is 0 Å². The normalized spacial score (nSPS) is 24.4. The van der Waals surface area contributed by atoms with Crippen LogP contribution in [0.25, 0.3) is 6.08 Å². The highest BCUT2D eigenvalue weighted by Crippen LogP contribution is 2.24. The molecular weight excluding hydrogens is 206 g/mol. The van der Waals surface area contributed by atoms with E-state index in [0.29, 0.717) is 6.04 Å². The van der Waals surface area contributed by atoms with Gasteiger partial charge in [-0.2, -0.15) is 0 Å². The van der Waals surface area contributed by atoms with Crippen LogP contribution in [0.5, 0.6) is 0 Å². The minimum absolute atomic E-state index is 0.359. The summed E-state index contributed by atoms with van der Waals surface area (Å²) in [7, 11) is 0. The molecule has 1 atom stereocenters. The largest absolute Gasteiger partial charge is 0.327 e. The molecule has 80 valence electrons. The van der Waals surface area contributed by atoms with Crippen molar-refractivity contribution in [2.75, 3.05) is 0 Å². The Balaban J connectivity index is 2.11. The van der Waals surface area contributed by atoms with Gasteiger partial charge in [0.05, 0.1) is 0 Å². The molecule has 1 nitrogen and oxygen atoms in total. The second-order valence-electron chi connectivity index (χ2n) is 4.21. The van der Waals surface area contributed by atoms with E-state index in [4.69, 9.17) is 17.3 Å². The van der Waals surface area contributed by atoms with Crippen molar-refractivity contribution in [3.63, 3.8) is 0 Å². The van der Waals surface area contributed by atoms with E-state index in [2.05, 4.69) is 18.2 Å². The van der Waals surface area contributed by atoms with Crippen molar-refractivity contribution in [1.82, 2.24) is 0 Å². The maximum Gasteiger partial charge on any atom is 0.0406 e. The number of hydrogen-bond acceptors (Lipinski definition) is 1. The highest BCUT2D eigenvalue weighted by molar-refractivity contribution is 6.30. The number of hydrogen-bond donors (Lipinski definition) is 1. The predicted octanol–water partition coefficient (Wildman–Crippen LogP) is 3.62. The molecule has 1 aliphatic rings. The van der Waals surface area contributed by atoms with E-state index in [1.54, 1.807) is 0 Å². The third-order valence-electron chi connectivity index (χ3n) is 2.84. The summed E-state index contributed by atoms with van der Waals surface area (Å²) in [5, 5.41) is 0.789. The lowest BCUT2D eigenvalue weighted by Crippen LogP contribution is -2.23. The third-order valence-corrected chi connectivity index (χ3v) is 3.09. The van der Waals surface area contributed by atoms with Gasteiger partial charge in [-0.15, -0.1) is 0 Å². The molecule has 2 rings (SSSR count). The second kappa shape index (κ2) is 4.82. The molecule has 0 saturated heterocycles. The van der Waals surface area contributed by atoms with Gasteiger partial charge in [0, 0.05) is 11.1 Å². The fourth-order valence-corrected chi connectivity index (χ4v) is 2.18. The molecule has 0 heterocycles. The van der Waals surface area contributed by atoms with E-state index >= 15 is 0 Å². The molecule has 15 heavy (non-hydrogen) atoms. The van der Waals surface area contributed by atoms with Crippen LogP contribution < -0.4 is 5.73 Å². The van der Waals surface area contributed by atoms with Gasteiger partial charge in [-0.25, -0.2) is 0 Å². The van der Waals surface area contributed by atoms with Gasteiger partial charge in [-0.1, -0.05) is 35.4 Å². The Kier molecular flexibility index (Phi) is 3.45. The Bertz CT molecular complexity index is 353. The van der Waals surface area contributed by atoms with Crippen molar-refractivity contribution in [3.05, 3.63) is 40.4 Å². The lowest BCUT2D eigenvalue weighted by Gasteiger charge is -2.20. The molecule has 1 aromatic rings. The molecule has 0 spiro atoms.